The fourth-order valence-corrected chi connectivity index (χ4v) is 0.652. The summed E-state index contributed by atoms with van der Waals surface area (Å²) in [5, 5.41) is 8.42. The summed E-state index contributed by atoms with van der Waals surface area (Å²) in [5.74, 6) is -0.351. The number of ether oxygens (including phenoxy) is 2. The molecule has 0 aliphatic heterocycles. The summed E-state index contributed by atoms with van der Waals surface area (Å²) in [6.45, 7) is 4.21. The molecule has 0 rings (SSSR count). The summed E-state index contributed by atoms with van der Waals surface area (Å²) in [4.78, 5) is 10.9. The second-order valence-corrected chi connectivity index (χ2v) is 2.34. The molecule has 0 heterocycles. The van der Waals surface area contributed by atoms with Gasteiger partial charge < -0.3 is 14.6 Å². The van der Waals surface area contributed by atoms with Gasteiger partial charge in [0, 0.05) is 13.2 Å². The molecule has 0 saturated heterocycles. The van der Waals surface area contributed by atoms with Crippen molar-refractivity contribution >= 4 is 5.97 Å². The Morgan fingerprint density at radius 2 is 2.25 bits per heavy atom. The minimum absolute atomic E-state index is 0.0789. The van der Waals surface area contributed by atoms with Crippen molar-refractivity contribution in [1.82, 2.24) is 0 Å². The molecule has 1 atom stereocenters. The minimum atomic E-state index is -0.531. The predicted molar refractivity (Wildman–Crippen MR) is 43.7 cm³/mol. The van der Waals surface area contributed by atoms with Crippen LogP contribution in [0.4, 0.5) is 0 Å². The molecule has 0 aromatic rings. The molecule has 72 valence electrons. The lowest BCUT2D eigenvalue weighted by Crippen LogP contribution is -2.23. The van der Waals surface area contributed by atoms with Crippen molar-refractivity contribution < 1.29 is 19.4 Å². The van der Waals surface area contributed by atoms with Crippen molar-refractivity contribution in [3.05, 3.63) is 0 Å². The molecule has 0 radical (unpaired) electrons. The molecule has 0 aliphatic rings. The molecule has 0 bridgehead atoms. The predicted octanol–water partition coefficient (Wildman–Crippen LogP) is 0.337. The highest BCUT2D eigenvalue weighted by Gasteiger charge is 2.13. The third-order valence-corrected chi connectivity index (χ3v) is 1.29. The van der Waals surface area contributed by atoms with Crippen LogP contribution in [0.15, 0.2) is 0 Å². The molecule has 4 nitrogen and oxygen atoms in total. The maximum absolute atomic E-state index is 10.9. The molecule has 0 aromatic carbocycles. The number of rotatable bonds is 6. The first-order chi connectivity index (χ1) is 5.72. The third-order valence-electron chi connectivity index (χ3n) is 1.29. The van der Waals surface area contributed by atoms with E-state index in [0.29, 0.717) is 19.6 Å². The molecule has 0 aliphatic carbocycles. The van der Waals surface area contributed by atoms with Gasteiger partial charge in [0.05, 0.1) is 6.61 Å². The van der Waals surface area contributed by atoms with Gasteiger partial charge in [-0.05, 0) is 20.3 Å². The molecule has 0 aromatic heterocycles. The first-order valence-electron chi connectivity index (χ1n) is 4.11. The van der Waals surface area contributed by atoms with E-state index in [2.05, 4.69) is 0 Å². The molecule has 0 fully saturated rings. The lowest BCUT2D eigenvalue weighted by Gasteiger charge is -2.10. The Bertz CT molecular complexity index is 124. The van der Waals surface area contributed by atoms with Gasteiger partial charge in [-0.2, -0.15) is 0 Å². The number of aliphatic hydroxyl groups is 1. The van der Waals surface area contributed by atoms with Gasteiger partial charge in [-0.25, -0.2) is 4.79 Å². The van der Waals surface area contributed by atoms with Crippen LogP contribution in [0.25, 0.3) is 0 Å². The summed E-state index contributed by atoms with van der Waals surface area (Å²) >= 11 is 0. The van der Waals surface area contributed by atoms with E-state index in [0.717, 1.165) is 0 Å². The van der Waals surface area contributed by atoms with E-state index >= 15 is 0 Å². The van der Waals surface area contributed by atoms with Crippen LogP contribution in [0, 0.1) is 0 Å². The first kappa shape index (κ1) is 11.4. The zero-order chi connectivity index (χ0) is 9.40. The quantitative estimate of drug-likeness (QED) is 0.468. The fraction of sp³-hybridized carbons (Fsp3) is 0.875. The van der Waals surface area contributed by atoms with E-state index in [-0.39, 0.29) is 12.6 Å². The van der Waals surface area contributed by atoms with Gasteiger partial charge in [0.15, 0.2) is 6.10 Å². The number of carbonyl (C=O) groups is 1. The average Bonchev–Trinajstić information content (AvgIpc) is 2.05. The molecule has 0 amide bonds. The van der Waals surface area contributed by atoms with Crippen LogP contribution in [0.5, 0.6) is 0 Å². The number of hydrogen-bond acceptors (Lipinski definition) is 4. The molecule has 0 unspecified atom stereocenters. The van der Waals surface area contributed by atoms with E-state index in [4.69, 9.17) is 14.6 Å². The van der Waals surface area contributed by atoms with E-state index in [1.54, 1.807) is 13.8 Å². The van der Waals surface area contributed by atoms with Gasteiger partial charge in [0.2, 0.25) is 0 Å². The highest BCUT2D eigenvalue weighted by Crippen LogP contribution is 1.95. The summed E-state index contributed by atoms with van der Waals surface area (Å²) in [6.07, 6.45) is 0.0144. The largest absolute Gasteiger partial charge is 0.464 e. The Kier molecular flexibility index (Phi) is 6.70. The molecular formula is C8H16O4. The van der Waals surface area contributed by atoms with Crippen molar-refractivity contribution in [3.8, 4) is 0 Å². The van der Waals surface area contributed by atoms with Crippen molar-refractivity contribution in [1.29, 1.82) is 0 Å². The Hall–Kier alpha value is -0.610. The number of aliphatic hydroxyl groups excluding tert-OH is 1. The fourth-order valence-electron chi connectivity index (χ4n) is 0.652. The maximum atomic E-state index is 10.9. The van der Waals surface area contributed by atoms with Crippen molar-refractivity contribution in [2.45, 2.75) is 26.4 Å². The van der Waals surface area contributed by atoms with Crippen LogP contribution < -0.4 is 0 Å². The van der Waals surface area contributed by atoms with Gasteiger partial charge in [-0.3, -0.25) is 0 Å². The molecule has 4 heteroatoms. The second kappa shape index (κ2) is 7.06. The topological polar surface area (TPSA) is 55.8 Å². The molecule has 1 N–H and O–H groups in total. The van der Waals surface area contributed by atoms with Gasteiger partial charge in [-0.15, -0.1) is 0 Å². The molecule has 0 saturated carbocycles. The normalized spacial score (nSPS) is 12.6. The maximum Gasteiger partial charge on any atom is 0.334 e. The van der Waals surface area contributed by atoms with Gasteiger partial charge in [0.1, 0.15) is 0 Å². The summed E-state index contributed by atoms with van der Waals surface area (Å²) in [6, 6.07) is 0. The van der Waals surface area contributed by atoms with Gasteiger partial charge in [-0.1, -0.05) is 0 Å². The van der Waals surface area contributed by atoms with E-state index < -0.39 is 6.10 Å². The lowest BCUT2D eigenvalue weighted by atomic mass is 10.4. The SMILES string of the molecule is CCOC(=O)[C@@H](C)OCCCO. The lowest BCUT2D eigenvalue weighted by molar-refractivity contribution is -0.155. The zero-order valence-corrected chi connectivity index (χ0v) is 7.58. The van der Waals surface area contributed by atoms with Crippen LogP contribution in [0.3, 0.4) is 0 Å². The van der Waals surface area contributed by atoms with Crippen LogP contribution in [-0.2, 0) is 14.3 Å². The third kappa shape index (κ3) is 5.09. The monoisotopic (exact) mass is 176 g/mol. The van der Waals surface area contributed by atoms with Gasteiger partial charge >= 0.3 is 5.97 Å². The second-order valence-electron chi connectivity index (χ2n) is 2.34. The van der Waals surface area contributed by atoms with Crippen molar-refractivity contribution in [2.24, 2.45) is 0 Å². The van der Waals surface area contributed by atoms with Crippen LogP contribution >= 0.6 is 0 Å². The van der Waals surface area contributed by atoms with E-state index in [1.165, 1.54) is 0 Å². The summed E-state index contributed by atoms with van der Waals surface area (Å²) in [7, 11) is 0. The van der Waals surface area contributed by atoms with E-state index in [1.807, 2.05) is 0 Å². The molecule has 12 heavy (non-hydrogen) atoms. The summed E-state index contributed by atoms with van der Waals surface area (Å²) in [5.41, 5.74) is 0. The zero-order valence-electron chi connectivity index (χ0n) is 7.58. The Morgan fingerprint density at radius 1 is 1.58 bits per heavy atom. The number of carbonyl (C=O) groups excluding carboxylic acids is 1. The summed E-state index contributed by atoms with van der Waals surface area (Å²) < 4.78 is 9.77. The Labute approximate surface area is 72.5 Å². The van der Waals surface area contributed by atoms with Crippen LogP contribution in [0.2, 0.25) is 0 Å². The molecule has 0 spiro atoms. The minimum Gasteiger partial charge on any atom is -0.464 e. The average molecular weight is 176 g/mol. The molecular weight excluding hydrogens is 160 g/mol. The highest BCUT2D eigenvalue weighted by molar-refractivity contribution is 5.74. The van der Waals surface area contributed by atoms with Crippen LogP contribution in [-0.4, -0.2) is 37.0 Å². The van der Waals surface area contributed by atoms with E-state index in [9.17, 15) is 4.79 Å². The number of esters is 1. The van der Waals surface area contributed by atoms with Crippen molar-refractivity contribution in [3.63, 3.8) is 0 Å². The van der Waals surface area contributed by atoms with Gasteiger partial charge in [0.25, 0.3) is 0 Å². The standard InChI is InChI=1S/C8H16O4/c1-3-11-8(10)7(2)12-6-4-5-9/h7,9H,3-6H2,1-2H3/t7-/m1/s1. The first-order valence-corrected chi connectivity index (χ1v) is 4.11. The Morgan fingerprint density at radius 3 is 2.75 bits per heavy atom. The highest BCUT2D eigenvalue weighted by atomic mass is 16.6. The smallest absolute Gasteiger partial charge is 0.334 e. The van der Waals surface area contributed by atoms with Crippen molar-refractivity contribution in [2.75, 3.05) is 19.8 Å². The number of hydrogen-bond donors (Lipinski definition) is 1. The van der Waals surface area contributed by atoms with Crippen LogP contribution in [0.1, 0.15) is 20.3 Å². The Balaban J connectivity index is 3.42.